The van der Waals surface area contributed by atoms with Crippen molar-refractivity contribution in [2.75, 3.05) is 13.1 Å². The average Bonchev–Trinajstić information content (AvgIpc) is 2.54. The lowest BCUT2D eigenvalue weighted by Crippen LogP contribution is -2.64. The van der Waals surface area contributed by atoms with Gasteiger partial charge < -0.3 is 4.90 Å². The third-order valence-corrected chi connectivity index (χ3v) is 6.43. The van der Waals surface area contributed by atoms with Crippen LogP contribution in [0.25, 0.3) is 0 Å². The van der Waals surface area contributed by atoms with Crippen molar-refractivity contribution in [1.29, 1.82) is 0 Å². The Kier molecular flexibility index (Phi) is 3.75. The summed E-state index contributed by atoms with van der Waals surface area (Å²) in [7, 11) is 0. The quantitative estimate of drug-likeness (QED) is 0.869. The van der Waals surface area contributed by atoms with E-state index in [1.165, 1.54) is 31.5 Å². The minimum absolute atomic E-state index is 0.0303. The first-order chi connectivity index (χ1) is 11.5. The summed E-state index contributed by atoms with van der Waals surface area (Å²) < 4.78 is 0. The Morgan fingerprint density at radius 1 is 1.04 bits per heavy atom. The molecule has 4 nitrogen and oxygen atoms in total. The van der Waals surface area contributed by atoms with Crippen molar-refractivity contribution in [3.63, 3.8) is 0 Å². The van der Waals surface area contributed by atoms with Crippen LogP contribution in [0.1, 0.15) is 56.6 Å². The van der Waals surface area contributed by atoms with Gasteiger partial charge in [-0.1, -0.05) is 24.3 Å². The van der Waals surface area contributed by atoms with Crippen molar-refractivity contribution in [3.8, 4) is 0 Å². The van der Waals surface area contributed by atoms with Crippen molar-refractivity contribution in [1.82, 2.24) is 10.2 Å². The van der Waals surface area contributed by atoms with Crippen LogP contribution in [0.2, 0.25) is 0 Å². The van der Waals surface area contributed by atoms with Gasteiger partial charge in [0.2, 0.25) is 11.8 Å². The topological polar surface area (TPSA) is 49.4 Å². The largest absolute Gasteiger partial charge is 0.301 e. The molecule has 3 aliphatic heterocycles. The SMILES string of the molecule is CC(C)N1CCC(c2ccc(C34CC(C3)C(=O)NC4=O)cc2)CC1. The molecule has 24 heavy (non-hydrogen) atoms. The number of fused-ring (bicyclic) bond motifs is 2. The summed E-state index contributed by atoms with van der Waals surface area (Å²) in [5.74, 6) is 0.466. The van der Waals surface area contributed by atoms with E-state index < -0.39 is 5.41 Å². The lowest BCUT2D eigenvalue weighted by Gasteiger charge is -2.50. The fourth-order valence-corrected chi connectivity index (χ4v) is 4.68. The fourth-order valence-electron chi connectivity index (χ4n) is 4.68. The summed E-state index contributed by atoms with van der Waals surface area (Å²) >= 11 is 0. The second kappa shape index (κ2) is 5.69. The lowest BCUT2D eigenvalue weighted by molar-refractivity contribution is -0.151. The molecule has 3 heterocycles. The van der Waals surface area contributed by atoms with Gasteiger partial charge >= 0.3 is 0 Å². The zero-order valence-electron chi connectivity index (χ0n) is 14.5. The highest BCUT2D eigenvalue weighted by Gasteiger charge is 2.58. The molecule has 4 heteroatoms. The van der Waals surface area contributed by atoms with Crippen LogP contribution in [0.3, 0.4) is 0 Å². The van der Waals surface area contributed by atoms with Gasteiger partial charge in [-0.3, -0.25) is 14.9 Å². The molecule has 2 bridgehead atoms. The van der Waals surface area contributed by atoms with E-state index in [9.17, 15) is 9.59 Å². The van der Waals surface area contributed by atoms with E-state index in [1.54, 1.807) is 0 Å². The van der Waals surface area contributed by atoms with Gasteiger partial charge in [0.15, 0.2) is 0 Å². The smallest absolute Gasteiger partial charge is 0.237 e. The number of rotatable bonds is 3. The van der Waals surface area contributed by atoms with Crippen LogP contribution < -0.4 is 5.32 Å². The highest BCUT2D eigenvalue weighted by atomic mass is 16.2. The maximum absolute atomic E-state index is 12.3. The minimum atomic E-state index is -0.446. The third-order valence-electron chi connectivity index (χ3n) is 6.43. The number of piperidine rings is 3. The highest BCUT2D eigenvalue weighted by molar-refractivity contribution is 6.07. The zero-order valence-corrected chi connectivity index (χ0v) is 14.5. The summed E-state index contributed by atoms with van der Waals surface area (Å²) in [5.41, 5.74) is 2.02. The Labute approximate surface area is 143 Å². The minimum Gasteiger partial charge on any atom is -0.301 e. The predicted octanol–water partition coefficient (Wildman–Crippen LogP) is 2.58. The van der Waals surface area contributed by atoms with E-state index in [2.05, 4.69) is 48.3 Å². The number of amides is 2. The Balaban J connectivity index is 1.47. The van der Waals surface area contributed by atoms with E-state index in [0.29, 0.717) is 24.8 Å². The molecule has 4 aliphatic rings. The number of hydrogen-bond donors (Lipinski definition) is 1. The molecule has 4 fully saturated rings. The summed E-state index contributed by atoms with van der Waals surface area (Å²) in [4.78, 5) is 26.5. The molecule has 0 atom stereocenters. The first-order valence-corrected chi connectivity index (χ1v) is 9.19. The lowest BCUT2D eigenvalue weighted by atomic mass is 9.55. The fraction of sp³-hybridized carbons (Fsp3) is 0.600. The number of benzene rings is 1. The van der Waals surface area contributed by atoms with Crippen molar-refractivity contribution in [2.45, 2.75) is 56.9 Å². The first kappa shape index (κ1) is 15.8. The van der Waals surface area contributed by atoms with Crippen molar-refractivity contribution >= 4 is 11.8 Å². The highest BCUT2D eigenvalue weighted by Crippen LogP contribution is 2.51. The van der Waals surface area contributed by atoms with Crippen LogP contribution >= 0.6 is 0 Å². The molecule has 1 aromatic carbocycles. The molecule has 1 aliphatic carbocycles. The standard InChI is InChI=1S/C20H26N2O2/c1-13(2)22-9-7-15(8-10-22)14-3-5-17(6-4-14)20-11-16(12-20)18(23)21-19(20)24/h3-6,13,15-16H,7-12H2,1-2H3,(H,21,23,24). The number of carbonyl (C=O) groups excluding carboxylic acids is 2. The number of likely N-dealkylation sites (tertiary alicyclic amines) is 1. The monoisotopic (exact) mass is 326 g/mol. The molecule has 0 aromatic heterocycles. The van der Waals surface area contributed by atoms with Crippen LogP contribution in [-0.2, 0) is 15.0 Å². The van der Waals surface area contributed by atoms with Crippen molar-refractivity contribution < 1.29 is 9.59 Å². The van der Waals surface area contributed by atoms with Crippen LogP contribution in [0.4, 0.5) is 0 Å². The van der Waals surface area contributed by atoms with Gasteiger partial charge in [0, 0.05) is 12.0 Å². The van der Waals surface area contributed by atoms with Crippen LogP contribution in [-0.4, -0.2) is 35.8 Å². The van der Waals surface area contributed by atoms with E-state index in [0.717, 1.165) is 5.56 Å². The van der Waals surface area contributed by atoms with Crippen molar-refractivity contribution in [2.24, 2.45) is 5.92 Å². The molecule has 1 aromatic rings. The normalized spacial score (nSPS) is 31.0. The molecular formula is C20H26N2O2. The molecule has 2 amide bonds. The maximum atomic E-state index is 12.3. The van der Waals surface area contributed by atoms with Gasteiger partial charge in [0.05, 0.1) is 5.41 Å². The molecule has 5 rings (SSSR count). The van der Waals surface area contributed by atoms with Crippen molar-refractivity contribution in [3.05, 3.63) is 35.4 Å². The van der Waals surface area contributed by atoms with Gasteiger partial charge in [0.1, 0.15) is 0 Å². The van der Waals surface area contributed by atoms with E-state index in [1.807, 2.05) is 0 Å². The molecule has 128 valence electrons. The Morgan fingerprint density at radius 2 is 1.67 bits per heavy atom. The van der Waals surface area contributed by atoms with Crippen LogP contribution in [0.5, 0.6) is 0 Å². The summed E-state index contributed by atoms with van der Waals surface area (Å²) in [5, 5.41) is 2.53. The van der Waals surface area contributed by atoms with E-state index in [4.69, 9.17) is 0 Å². The number of nitrogens with zero attached hydrogens (tertiary/aromatic N) is 1. The Morgan fingerprint density at radius 3 is 2.21 bits per heavy atom. The molecule has 1 saturated carbocycles. The zero-order chi connectivity index (χ0) is 16.9. The predicted molar refractivity (Wildman–Crippen MR) is 92.7 cm³/mol. The summed E-state index contributed by atoms with van der Waals surface area (Å²) in [6.07, 6.45) is 3.78. The number of imide groups is 1. The van der Waals surface area contributed by atoms with Gasteiger partial charge in [-0.25, -0.2) is 0 Å². The van der Waals surface area contributed by atoms with E-state index >= 15 is 0 Å². The maximum Gasteiger partial charge on any atom is 0.237 e. The third kappa shape index (κ3) is 2.39. The Hall–Kier alpha value is -1.68. The Bertz CT molecular complexity index is 651. The molecule has 1 N–H and O–H groups in total. The van der Waals surface area contributed by atoms with Gasteiger partial charge in [-0.2, -0.15) is 0 Å². The molecule has 0 unspecified atom stereocenters. The van der Waals surface area contributed by atoms with Crippen LogP contribution in [0.15, 0.2) is 24.3 Å². The van der Waals surface area contributed by atoms with Gasteiger partial charge in [-0.15, -0.1) is 0 Å². The van der Waals surface area contributed by atoms with Crippen LogP contribution in [0, 0.1) is 5.92 Å². The summed E-state index contributed by atoms with van der Waals surface area (Å²) in [6.45, 7) is 6.86. The summed E-state index contributed by atoms with van der Waals surface area (Å²) in [6, 6.07) is 9.28. The van der Waals surface area contributed by atoms with Gasteiger partial charge in [0.25, 0.3) is 0 Å². The second-order valence-corrected chi connectivity index (χ2v) is 8.03. The molecule has 3 saturated heterocycles. The number of nitrogens with one attached hydrogen (secondary N) is 1. The second-order valence-electron chi connectivity index (χ2n) is 8.03. The molecular weight excluding hydrogens is 300 g/mol. The molecule has 0 radical (unpaired) electrons. The first-order valence-electron chi connectivity index (χ1n) is 9.19. The molecule has 0 spiro atoms. The average molecular weight is 326 g/mol. The number of hydrogen-bond acceptors (Lipinski definition) is 3. The van der Waals surface area contributed by atoms with Gasteiger partial charge in [-0.05, 0) is 69.7 Å². The number of carbonyl (C=O) groups is 2. The van der Waals surface area contributed by atoms with E-state index in [-0.39, 0.29) is 17.7 Å².